The van der Waals surface area contributed by atoms with Crippen molar-refractivity contribution in [1.82, 2.24) is 9.62 Å². The van der Waals surface area contributed by atoms with Crippen molar-refractivity contribution in [2.75, 3.05) is 33.4 Å². The predicted molar refractivity (Wildman–Crippen MR) is 111 cm³/mol. The number of carbonyl (C=O) groups is 1. The van der Waals surface area contributed by atoms with Gasteiger partial charge in [-0.1, -0.05) is 19.9 Å². The molecule has 0 aliphatic carbocycles. The summed E-state index contributed by atoms with van der Waals surface area (Å²) in [7, 11) is -2.28. The van der Waals surface area contributed by atoms with Crippen LogP contribution in [0.4, 0.5) is 0 Å². The third-order valence-corrected chi connectivity index (χ3v) is 7.64. The molecule has 1 aromatic carbocycles. The summed E-state index contributed by atoms with van der Waals surface area (Å²) in [6.45, 7) is 5.88. The highest BCUT2D eigenvalue weighted by Gasteiger charge is 2.35. The van der Waals surface area contributed by atoms with Crippen molar-refractivity contribution >= 4 is 15.9 Å². The molecule has 1 aromatic rings. The van der Waals surface area contributed by atoms with E-state index < -0.39 is 10.0 Å². The summed E-state index contributed by atoms with van der Waals surface area (Å²) < 4.78 is 39.0. The second-order valence-electron chi connectivity index (χ2n) is 8.15. The van der Waals surface area contributed by atoms with Gasteiger partial charge in [-0.25, -0.2) is 8.42 Å². The first-order valence-electron chi connectivity index (χ1n) is 10.4. The minimum absolute atomic E-state index is 0.0745. The fraction of sp³-hybridized carbons (Fsp3) is 0.667. The normalized spacial score (nSPS) is 23.3. The molecule has 2 aliphatic heterocycles. The maximum atomic E-state index is 13.4. The van der Waals surface area contributed by atoms with Gasteiger partial charge in [0.25, 0.3) is 0 Å². The minimum Gasteiger partial charge on any atom is -0.495 e. The number of benzene rings is 1. The average Bonchev–Trinajstić information content (AvgIpc) is 3.25. The van der Waals surface area contributed by atoms with Crippen molar-refractivity contribution in [2.24, 2.45) is 5.92 Å². The Balaban J connectivity index is 1.73. The number of rotatable bonds is 7. The number of sulfonamides is 1. The molecule has 0 bridgehead atoms. The lowest BCUT2D eigenvalue weighted by Crippen LogP contribution is -2.46. The third kappa shape index (κ3) is 5.10. The summed E-state index contributed by atoms with van der Waals surface area (Å²) in [5.41, 5.74) is 0.937. The topological polar surface area (TPSA) is 84.9 Å². The Morgan fingerprint density at radius 2 is 2.10 bits per heavy atom. The maximum Gasteiger partial charge on any atom is 0.246 e. The Kier molecular flexibility index (Phi) is 7.19. The Labute approximate surface area is 173 Å². The fourth-order valence-electron chi connectivity index (χ4n) is 3.93. The molecule has 29 heavy (non-hydrogen) atoms. The van der Waals surface area contributed by atoms with E-state index in [-0.39, 0.29) is 35.3 Å². The van der Waals surface area contributed by atoms with Crippen LogP contribution in [0.1, 0.15) is 51.0 Å². The quantitative estimate of drug-likeness (QED) is 0.727. The van der Waals surface area contributed by atoms with E-state index in [1.165, 1.54) is 11.4 Å². The number of nitrogens with one attached hydrogen (secondary N) is 1. The van der Waals surface area contributed by atoms with E-state index in [9.17, 15) is 13.2 Å². The zero-order chi connectivity index (χ0) is 21.0. The van der Waals surface area contributed by atoms with Gasteiger partial charge in [-0.3, -0.25) is 4.79 Å². The van der Waals surface area contributed by atoms with Crippen molar-refractivity contribution in [3.63, 3.8) is 0 Å². The summed E-state index contributed by atoms with van der Waals surface area (Å²) in [4.78, 5) is 12.8. The zero-order valence-electron chi connectivity index (χ0n) is 17.5. The molecule has 2 fully saturated rings. The number of nitrogens with zero attached hydrogens (tertiary/aromatic N) is 1. The molecular weight excluding hydrogens is 392 g/mol. The minimum atomic E-state index is -3.75. The number of hydrogen-bond acceptors (Lipinski definition) is 5. The highest BCUT2D eigenvalue weighted by atomic mass is 32.2. The summed E-state index contributed by atoms with van der Waals surface area (Å²) in [5, 5.41) is 2.94. The predicted octanol–water partition coefficient (Wildman–Crippen LogP) is 2.51. The van der Waals surface area contributed by atoms with Gasteiger partial charge in [-0.05, 0) is 49.3 Å². The van der Waals surface area contributed by atoms with Gasteiger partial charge in [0.15, 0.2) is 0 Å². The molecule has 1 amide bonds. The molecule has 8 heteroatoms. The lowest BCUT2D eigenvalue weighted by Gasteiger charge is -2.32. The fourth-order valence-corrected chi connectivity index (χ4v) is 5.65. The van der Waals surface area contributed by atoms with E-state index in [2.05, 4.69) is 5.32 Å². The molecule has 2 heterocycles. The van der Waals surface area contributed by atoms with Crippen LogP contribution in [-0.2, 0) is 19.6 Å². The van der Waals surface area contributed by atoms with E-state index >= 15 is 0 Å². The zero-order valence-corrected chi connectivity index (χ0v) is 18.3. The van der Waals surface area contributed by atoms with Crippen LogP contribution in [0.2, 0.25) is 0 Å². The lowest BCUT2D eigenvalue weighted by atomic mass is 9.99. The first kappa shape index (κ1) is 22.1. The highest BCUT2D eigenvalue weighted by molar-refractivity contribution is 7.89. The van der Waals surface area contributed by atoms with Crippen LogP contribution in [0.15, 0.2) is 23.1 Å². The lowest BCUT2D eigenvalue weighted by molar-refractivity contribution is -0.126. The molecule has 7 nitrogen and oxygen atoms in total. The smallest absolute Gasteiger partial charge is 0.246 e. The van der Waals surface area contributed by atoms with E-state index in [0.29, 0.717) is 31.7 Å². The third-order valence-electron chi connectivity index (χ3n) is 5.76. The van der Waals surface area contributed by atoms with Crippen LogP contribution in [-0.4, -0.2) is 58.1 Å². The monoisotopic (exact) mass is 424 g/mol. The molecule has 0 spiro atoms. The number of hydrogen-bond donors (Lipinski definition) is 1. The maximum absolute atomic E-state index is 13.4. The Bertz CT molecular complexity index is 818. The number of amides is 1. The van der Waals surface area contributed by atoms with E-state index in [1.54, 1.807) is 12.1 Å². The molecule has 0 saturated carbocycles. The first-order valence-corrected chi connectivity index (χ1v) is 11.8. The van der Waals surface area contributed by atoms with Gasteiger partial charge < -0.3 is 14.8 Å². The molecule has 162 valence electrons. The van der Waals surface area contributed by atoms with Gasteiger partial charge in [0.1, 0.15) is 10.6 Å². The van der Waals surface area contributed by atoms with Crippen molar-refractivity contribution in [1.29, 1.82) is 0 Å². The van der Waals surface area contributed by atoms with Crippen molar-refractivity contribution in [3.8, 4) is 5.75 Å². The first-order chi connectivity index (χ1) is 13.8. The van der Waals surface area contributed by atoms with Crippen LogP contribution in [0.25, 0.3) is 0 Å². The van der Waals surface area contributed by atoms with Crippen molar-refractivity contribution < 1.29 is 22.7 Å². The summed E-state index contributed by atoms with van der Waals surface area (Å²) in [5.74, 6) is 0.0920. The molecular formula is C21H32N2O5S. The van der Waals surface area contributed by atoms with Crippen LogP contribution >= 0.6 is 0 Å². The van der Waals surface area contributed by atoms with Gasteiger partial charge >= 0.3 is 0 Å². The average molecular weight is 425 g/mol. The van der Waals surface area contributed by atoms with Crippen LogP contribution in [0.5, 0.6) is 5.75 Å². The second-order valence-corrected chi connectivity index (χ2v) is 10.1. The molecule has 0 unspecified atom stereocenters. The SMILES string of the molecule is COc1ccc(C(C)C)cc1S(=O)(=O)N1CCC[C@@H](C(=O)NC[C@H]2CCCO2)C1. The molecule has 3 rings (SSSR count). The van der Waals surface area contributed by atoms with Crippen molar-refractivity contribution in [2.45, 2.75) is 56.4 Å². The molecule has 2 saturated heterocycles. The van der Waals surface area contributed by atoms with Crippen molar-refractivity contribution in [3.05, 3.63) is 23.8 Å². The molecule has 0 aromatic heterocycles. The molecule has 2 aliphatic rings. The number of ether oxygens (including phenoxy) is 2. The second kappa shape index (κ2) is 9.45. The Hall–Kier alpha value is -1.64. The number of carbonyl (C=O) groups excluding carboxylic acids is 1. The Morgan fingerprint density at radius 3 is 2.76 bits per heavy atom. The molecule has 1 N–H and O–H groups in total. The van der Waals surface area contributed by atoms with Gasteiger partial charge in [-0.2, -0.15) is 4.31 Å². The summed E-state index contributed by atoms with van der Waals surface area (Å²) >= 11 is 0. The largest absolute Gasteiger partial charge is 0.495 e. The summed E-state index contributed by atoms with van der Waals surface area (Å²) in [6.07, 6.45) is 3.39. The standard InChI is InChI=1S/C21H32N2O5S/c1-15(2)16-8-9-19(27-3)20(12-16)29(25,26)23-10-4-6-17(14-23)21(24)22-13-18-7-5-11-28-18/h8-9,12,15,17-18H,4-7,10-11,13-14H2,1-3H3,(H,22,24)/t17-,18-/m1/s1. The summed E-state index contributed by atoms with van der Waals surface area (Å²) in [6, 6.07) is 5.29. The van der Waals surface area contributed by atoms with Gasteiger partial charge in [0, 0.05) is 26.2 Å². The van der Waals surface area contributed by atoms with Crippen LogP contribution in [0, 0.1) is 5.92 Å². The van der Waals surface area contributed by atoms with Gasteiger partial charge in [-0.15, -0.1) is 0 Å². The molecule has 2 atom stereocenters. The van der Waals surface area contributed by atoms with Gasteiger partial charge in [0.2, 0.25) is 15.9 Å². The number of methoxy groups -OCH3 is 1. The Morgan fingerprint density at radius 1 is 1.31 bits per heavy atom. The highest BCUT2D eigenvalue weighted by Crippen LogP contribution is 2.32. The van der Waals surface area contributed by atoms with E-state index in [0.717, 1.165) is 25.0 Å². The van der Waals surface area contributed by atoms with E-state index in [1.807, 2.05) is 19.9 Å². The number of piperidine rings is 1. The van der Waals surface area contributed by atoms with E-state index in [4.69, 9.17) is 9.47 Å². The van der Waals surface area contributed by atoms with Crippen LogP contribution in [0.3, 0.4) is 0 Å². The molecule has 0 radical (unpaired) electrons. The van der Waals surface area contributed by atoms with Crippen LogP contribution < -0.4 is 10.1 Å². The van der Waals surface area contributed by atoms with Gasteiger partial charge in [0.05, 0.1) is 19.1 Å².